The molecule has 1 N–H and O–H groups in total. The Balaban J connectivity index is 2.08. The molecule has 0 bridgehead atoms. The van der Waals surface area contributed by atoms with E-state index in [1.807, 2.05) is 0 Å². The molecular formula is C13H16F3N3O. The van der Waals surface area contributed by atoms with E-state index in [1.54, 1.807) is 13.1 Å². The fraction of sp³-hybridized carbons (Fsp3) is 0.538. The molecule has 0 radical (unpaired) electrons. The van der Waals surface area contributed by atoms with Gasteiger partial charge in [-0.15, -0.1) is 0 Å². The summed E-state index contributed by atoms with van der Waals surface area (Å²) in [6.07, 6.45) is -2.31. The van der Waals surface area contributed by atoms with Crippen LogP contribution in [-0.4, -0.2) is 42.1 Å². The number of pyridine rings is 1. The molecule has 1 amide bonds. The zero-order valence-corrected chi connectivity index (χ0v) is 11.1. The van der Waals surface area contributed by atoms with Gasteiger partial charge in [0.1, 0.15) is 5.69 Å². The molecule has 0 saturated carbocycles. The number of aromatic nitrogens is 1. The molecule has 1 aromatic rings. The number of halogens is 3. The van der Waals surface area contributed by atoms with Gasteiger partial charge < -0.3 is 10.2 Å². The molecule has 1 aromatic heterocycles. The summed E-state index contributed by atoms with van der Waals surface area (Å²) in [6, 6.07) is 3.19. The molecular weight excluding hydrogens is 271 g/mol. The normalized spacial score (nSPS) is 19.8. The lowest BCUT2D eigenvalue weighted by Crippen LogP contribution is -2.44. The fourth-order valence-electron chi connectivity index (χ4n) is 2.26. The van der Waals surface area contributed by atoms with Crippen LogP contribution in [0.15, 0.2) is 18.3 Å². The van der Waals surface area contributed by atoms with Crippen molar-refractivity contribution >= 4 is 11.6 Å². The van der Waals surface area contributed by atoms with Crippen LogP contribution in [0, 0.1) is 5.92 Å². The molecule has 1 atom stereocenters. The van der Waals surface area contributed by atoms with Gasteiger partial charge in [0.2, 0.25) is 0 Å². The first-order chi connectivity index (χ1) is 9.41. The first kappa shape index (κ1) is 14.6. The van der Waals surface area contributed by atoms with Gasteiger partial charge in [-0.25, -0.2) is 4.98 Å². The molecule has 110 valence electrons. The topological polar surface area (TPSA) is 45.2 Å². The Hall–Kier alpha value is -1.79. The highest BCUT2D eigenvalue weighted by Gasteiger charge is 2.42. The van der Waals surface area contributed by atoms with Gasteiger partial charge in [0.25, 0.3) is 5.91 Å². The number of alkyl halides is 3. The van der Waals surface area contributed by atoms with Crippen LogP contribution in [0.4, 0.5) is 18.9 Å². The predicted octanol–water partition coefficient (Wildman–Crippen LogP) is 2.54. The van der Waals surface area contributed by atoms with Crippen LogP contribution in [-0.2, 0) is 0 Å². The number of nitrogens with zero attached hydrogens (tertiary/aromatic N) is 2. The molecule has 0 aliphatic carbocycles. The first-order valence-electron chi connectivity index (χ1n) is 6.41. The second-order valence-corrected chi connectivity index (χ2v) is 4.81. The van der Waals surface area contributed by atoms with E-state index in [0.29, 0.717) is 13.0 Å². The summed E-state index contributed by atoms with van der Waals surface area (Å²) in [5.74, 6) is -1.88. The Morgan fingerprint density at radius 1 is 1.45 bits per heavy atom. The van der Waals surface area contributed by atoms with Gasteiger partial charge in [-0.2, -0.15) is 13.2 Å². The van der Waals surface area contributed by atoms with Crippen LogP contribution in [0.2, 0.25) is 0 Å². The Bertz CT molecular complexity index is 473. The Kier molecular flexibility index (Phi) is 4.15. The Labute approximate surface area is 115 Å². The minimum Gasteiger partial charge on any atom is -0.387 e. The summed E-state index contributed by atoms with van der Waals surface area (Å²) in [4.78, 5) is 17.4. The maximum atomic E-state index is 12.7. The number of carbonyl (C=O) groups is 1. The van der Waals surface area contributed by atoms with E-state index in [-0.39, 0.29) is 18.7 Å². The first-order valence-corrected chi connectivity index (χ1v) is 6.41. The summed E-state index contributed by atoms with van der Waals surface area (Å²) in [7, 11) is 1.72. The minimum absolute atomic E-state index is 0.0827. The third-order valence-corrected chi connectivity index (χ3v) is 3.44. The van der Waals surface area contributed by atoms with Crippen molar-refractivity contribution < 1.29 is 18.0 Å². The predicted molar refractivity (Wildman–Crippen MR) is 68.5 cm³/mol. The molecule has 7 heteroatoms. The van der Waals surface area contributed by atoms with Crippen molar-refractivity contribution in [3.05, 3.63) is 24.0 Å². The fourth-order valence-corrected chi connectivity index (χ4v) is 2.26. The number of amides is 1. The Morgan fingerprint density at radius 2 is 2.20 bits per heavy atom. The number of hydrogen-bond donors (Lipinski definition) is 1. The zero-order chi connectivity index (χ0) is 14.8. The van der Waals surface area contributed by atoms with E-state index >= 15 is 0 Å². The molecule has 1 aliphatic rings. The quantitative estimate of drug-likeness (QED) is 0.909. The maximum Gasteiger partial charge on any atom is 0.393 e. The summed E-state index contributed by atoms with van der Waals surface area (Å²) < 4.78 is 38.2. The van der Waals surface area contributed by atoms with Crippen LogP contribution < -0.4 is 5.32 Å². The number of likely N-dealkylation sites (tertiary alicyclic amines) is 1. The highest BCUT2D eigenvalue weighted by atomic mass is 19.4. The molecule has 4 nitrogen and oxygen atoms in total. The summed E-state index contributed by atoms with van der Waals surface area (Å²) in [5, 5.41) is 2.86. The van der Waals surface area contributed by atoms with Gasteiger partial charge in [-0.1, -0.05) is 0 Å². The third kappa shape index (κ3) is 3.20. The van der Waals surface area contributed by atoms with Gasteiger partial charge in [-0.05, 0) is 25.0 Å². The van der Waals surface area contributed by atoms with Crippen molar-refractivity contribution in [1.29, 1.82) is 0 Å². The molecule has 1 aliphatic heterocycles. The van der Waals surface area contributed by atoms with Crippen molar-refractivity contribution in [3.8, 4) is 0 Å². The van der Waals surface area contributed by atoms with Gasteiger partial charge in [0.15, 0.2) is 0 Å². The van der Waals surface area contributed by atoms with E-state index in [9.17, 15) is 18.0 Å². The van der Waals surface area contributed by atoms with Gasteiger partial charge in [0.05, 0.1) is 17.8 Å². The average molecular weight is 287 g/mol. The van der Waals surface area contributed by atoms with Crippen LogP contribution >= 0.6 is 0 Å². The second kappa shape index (κ2) is 5.68. The maximum absolute atomic E-state index is 12.7. The van der Waals surface area contributed by atoms with Crippen LogP contribution in [0.3, 0.4) is 0 Å². The monoisotopic (exact) mass is 287 g/mol. The summed E-state index contributed by atoms with van der Waals surface area (Å²) >= 11 is 0. The number of anilines is 1. The van der Waals surface area contributed by atoms with Crippen molar-refractivity contribution in [3.63, 3.8) is 0 Å². The van der Waals surface area contributed by atoms with Crippen molar-refractivity contribution in [2.24, 2.45) is 5.92 Å². The van der Waals surface area contributed by atoms with E-state index in [1.165, 1.54) is 17.2 Å². The lowest BCUT2D eigenvalue weighted by Gasteiger charge is -2.33. The van der Waals surface area contributed by atoms with Gasteiger partial charge >= 0.3 is 6.18 Å². The third-order valence-electron chi connectivity index (χ3n) is 3.44. The molecule has 0 spiro atoms. The number of nitrogens with one attached hydrogen (secondary N) is 1. The van der Waals surface area contributed by atoms with E-state index in [0.717, 1.165) is 5.69 Å². The van der Waals surface area contributed by atoms with Gasteiger partial charge in [-0.3, -0.25) is 4.79 Å². The largest absolute Gasteiger partial charge is 0.393 e. The van der Waals surface area contributed by atoms with E-state index in [4.69, 9.17) is 0 Å². The number of carbonyl (C=O) groups excluding carboxylic acids is 1. The number of hydrogen-bond acceptors (Lipinski definition) is 3. The van der Waals surface area contributed by atoms with Crippen molar-refractivity contribution in [1.82, 2.24) is 9.88 Å². The lowest BCUT2D eigenvalue weighted by atomic mass is 9.97. The smallest absolute Gasteiger partial charge is 0.387 e. The van der Waals surface area contributed by atoms with Crippen LogP contribution in [0.5, 0.6) is 0 Å². The molecule has 1 saturated heterocycles. The Morgan fingerprint density at radius 3 is 2.75 bits per heavy atom. The highest BCUT2D eigenvalue weighted by molar-refractivity contribution is 5.92. The molecule has 0 aromatic carbocycles. The molecule has 1 fully saturated rings. The minimum atomic E-state index is -4.25. The van der Waals surface area contributed by atoms with Crippen LogP contribution in [0.1, 0.15) is 23.3 Å². The van der Waals surface area contributed by atoms with Crippen molar-refractivity contribution in [2.75, 3.05) is 25.5 Å². The SMILES string of the molecule is CNc1ccc(C(=O)N2CCCC(C(F)(F)F)C2)nc1. The van der Waals surface area contributed by atoms with Crippen molar-refractivity contribution in [2.45, 2.75) is 19.0 Å². The number of piperidine rings is 1. The molecule has 20 heavy (non-hydrogen) atoms. The van der Waals surface area contributed by atoms with E-state index in [2.05, 4.69) is 10.3 Å². The highest BCUT2D eigenvalue weighted by Crippen LogP contribution is 2.33. The zero-order valence-electron chi connectivity index (χ0n) is 11.1. The lowest BCUT2D eigenvalue weighted by molar-refractivity contribution is -0.184. The molecule has 2 heterocycles. The molecule has 2 rings (SSSR count). The van der Waals surface area contributed by atoms with Gasteiger partial charge in [0, 0.05) is 20.1 Å². The summed E-state index contributed by atoms with van der Waals surface area (Å²) in [5.41, 5.74) is 0.917. The second-order valence-electron chi connectivity index (χ2n) is 4.81. The standard InChI is InChI=1S/C13H16F3N3O/c1-17-10-4-5-11(18-7-10)12(20)19-6-2-3-9(8-19)13(14,15)16/h4-5,7,9,17H,2-3,6,8H2,1H3. The average Bonchev–Trinajstić information content (AvgIpc) is 2.46. The number of rotatable bonds is 2. The van der Waals surface area contributed by atoms with E-state index < -0.39 is 18.0 Å². The van der Waals surface area contributed by atoms with Crippen LogP contribution in [0.25, 0.3) is 0 Å². The molecule has 1 unspecified atom stereocenters. The summed E-state index contributed by atoms with van der Waals surface area (Å²) in [6.45, 7) is 0.0681.